The van der Waals surface area contributed by atoms with E-state index in [1.807, 2.05) is 49.4 Å². The lowest BCUT2D eigenvalue weighted by atomic mass is 10.0. The van der Waals surface area contributed by atoms with Crippen LogP contribution >= 0.6 is 12.2 Å². The molecule has 0 fully saturated rings. The number of carbonyl (C=O) groups is 1. The summed E-state index contributed by atoms with van der Waals surface area (Å²) in [5, 5.41) is 6.55. The molecule has 5 heteroatoms. The largest absolute Gasteiger partial charge is 0.463 e. The topological polar surface area (TPSA) is 50.4 Å². The molecule has 1 aromatic carbocycles. The molecular formula is C16H18N2O2S. The van der Waals surface area contributed by atoms with Crippen LogP contribution in [0.15, 0.2) is 47.7 Å². The van der Waals surface area contributed by atoms with Crippen LogP contribution in [-0.4, -0.2) is 23.7 Å². The zero-order chi connectivity index (χ0) is 15.2. The predicted octanol–water partition coefficient (Wildman–Crippen LogP) is 2.38. The lowest BCUT2D eigenvalue weighted by molar-refractivity contribution is -0.138. The average molecular weight is 302 g/mol. The number of ether oxygens (including phenoxy) is 1. The van der Waals surface area contributed by atoms with Crippen molar-refractivity contribution in [3.8, 4) is 0 Å². The first-order valence-corrected chi connectivity index (χ1v) is 7.21. The van der Waals surface area contributed by atoms with Crippen molar-refractivity contribution in [2.45, 2.75) is 19.9 Å². The van der Waals surface area contributed by atoms with Gasteiger partial charge in [0, 0.05) is 5.70 Å². The van der Waals surface area contributed by atoms with Crippen molar-refractivity contribution < 1.29 is 9.53 Å². The average Bonchev–Trinajstić information content (AvgIpc) is 2.45. The Morgan fingerprint density at radius 1 is 1.38 bits per heavy atom. The molecule has 1 atom stereocenters. The van der Waals surface area contributed by atoms with Gasteiger partial charge in [0.1, 0.15) is 0 Å². The molecule has 1 heterocycles. The number of hydrogen-bond acceptors (Lipinski definition) is 3. The molecule has 0 unspecified atom stereocenters. The van der Waals surface area contributed by atoms with Gasteiger partial charge in [0.05, 0.1) is 18.2 Å². The number of nitrogens with one attached hydrogen (secondary N) is 2. The van der Waals surface area contributed by atoms with E-state index in [9.17, 15) is 4.79 Å². The highest BCUT2D eigenvalue weighted by Gasteiger charge is 2.27. The predicted molar refractivity (Wildman–Crippen MR) is 87.5 cm³/mol. The van der Waals surface area contributed by atoms with Crippen molar-refractivity contribution in [3.05, 3.63) is 53.2 Å². The molecular weight excluding hydrogens is 284 g/mol. The molecule has 0 bridgehead atoms. The van der Waals surface area contributed by atoms with Crippen molar-refractivity contribution in [1.29, 1.82) is 0 Å². The van der Waals surface area contributed by atoms with E-state index in [0.29, 0.717) is 17.3 Å². The highest BCUT2D eigenvalue weighted by atomic mass is 32.1. The second kappa shape index (κ2) is 7.04. The van der Waals surface area contributed by atoms with E-state index in [0.717, 1.165) is 11.3 Å². The van der Waals surface area contributed by atoms with Crippen LogP contribution in [0, 0.1) is 0 Å². The molecule has 21 heavy (non-hydrogen) atoms. The van der Waals surface area contributed by atoms with Gasteiger partial charge >= 0.3 is 5.97 Å². The number of rotatable bonds is 4. The van der Waals surface area contributed by atoms with Gasteiger partial charge in [-0.05, 0) is 31.6 Å². The fraction of sp³-hybridized carbons (Fsp3) is 0.250. The standard InChI is InChI=1S/C16H18N2O2S/c1-3-20-15(19)14-11(2)17-16(21)18-13(14)10-9-12-7-5-4-6-8-12/h4-10,13H,3H2,1-2H3,(H2,17,18,21)/b10-9+/t13-/m1/s1. The van der Waals surface area contributed by atoms with Gasteiger partial charge in [-0.3, -0.25) is 0 Å². The number of allylic oxidation sites excluding steroid dienone is 1. The maximum absolute atomic E-state index is 12.1. The van der Waals surface area contributed by atoms with Crippen LogP contribution in [-0.2, 0) is 9.53 Å². The van der Waals surface area contributed by atoms with Gasteiger partial charge in [-0.2, -0.15) is 0 Å². The van der Waals surface area contributed by atoms with Crippen LogP contribution in [0.5, 0.6) is 0 Å². The van der Waals surface area contributed by atoms with Crippen molar-refractivity contribution in [3.63, 3.8) is 0 Å². The van der Waals surface area contributed by atoms with Crippen molar-refractivity contribution >= 4 is 29.4 Å². The summed E-state index contributed by atoms with van der Waals surface area (Å²) in [5.41, 5.74) is 2.34. The third-order valence-corrected chi connectivity index (χ3v) is 3.30. The normalized spacial score (nSPS) is 18.4. The first kappa shape index (κ1) is 15.3. The van der Waals surface area contributed by atoms with Gasteiger partial charge in [-0.1, -0.05) is 42.5 Å². The lowest BCUT2D eigenvalue weighted by Gasteiger charge is -2.27. The zero-order valence-electron chi connectivity index (χ0n) is 12.1. The smallest absolute Gasteiger partial charge is 0.338 e. The molecule has 110 valence electrons. The molecule has 0 aromatic heterocycles. The SMILES string of the molecule is CCOC(=O)C1=C(C)NC(=S)N[C@@H]1/C=C/c1ccccc1. The quantitative estimate of drug-likeness (QED) is 0.660. The summed E-state index contributed by atoms with van der Waals surface area (Å²) in [6.45, 7) is 3.95. The van der Waals surface area contributed by atoms with Gasteiger partial charge in [-0.25, -0.2) is 4.79 Å². The van der Waals surface area contributed by atoms with Crippen LogP contribution in [0.3, 0.4) is 0 Å². The molecule has 1 aliphatic heterocycles. The van der Waals surface area contributed by atoms with E-state index in [-0.39, 0.29) is 12.0 Å². The minimum atomic E-state index is -0.333. The van der Waals surface area contributed by atoms with Gasteiger partial charge in [0.25, 0.3) is 0 Å². The van der Waals surface area contributed by atoms with Crippen LogP contribution < -0.4 is 10.6 Å². The van der Waals surface area contributed by atoms with E-state index in [2.05, 4.69) is 10.6 Å². The minimum absolute atomic E-state index is 0.294. The van der Waals surface area contributed by atoms with Gasteiger partial charge in [0.15, 0.2) is 5.11 Å². The Labute approximate surface area is 129 Å². The van der Waals surface area contributed by atoms with E-state index >= 15 is 0 Å². The van der Waals surface area contributed by atoms with Gasteiger partial charge < -0.3 is 15.4 Å². The second-order valence-electron chi connectivity index (χ2n) is 4.61. The maximum atomic E-state index is 12.1. The second-order valence-corrected chi connectivity index (χ2v) is 5.01. The fourth-order valence-electron chi connectivity index (χ4n) is 2.13. The van der Waals surface area contributed by atoms with E-state index in [1.54, 1.807) is 6.92 Å². The Morgan fingerprint density at radius 3 is 2.76 bits per heavy atom. The summed E-state index contributed by atoms with van der Waals surface area (Å²) in [6, 6.07) is 9.59. The summed E-state index contributed by atoms with van der Waals surface area (Å²) >= 11 is 5.15. The van der Waals surface area contributed by atoms with E-state index in [4.69, 9.17) is 17.0 Å². The third-order valence-electron chi connectivity index (χ3n) is 3.08. The Hall–Kier alpha value is -2.14. The molecule has 0 aliphatic carbocycles. The molecule has 1 aliphatic rings. The molecule has 2 N–H and O–H groups in total. The van der Waals surface area contributed by atoms with Crippen molar-refractivity contribution in [2.24, 2.45) is 0 Å². The van der Waals surface area contributed by atoms with Crippen LogP contribution in [0.25, 0.3) is 6.08 Å². The summed E-state index contributed by atoms with van der Waals surface area (Å²) in [5.74, 6) is -0.333. The monoisotopic (exact) mass is 302 g/mol. The Balaban J connectivity index is 2.26. The molecule has 0 radical (unpaired) electrons. The summed E-state index contributed by atoms with van der Waals surface area (Å²) < 4.78 is 5.12. The molecule has 0 amide bonds. The van der Waals surface area contributed by atoms with Gasteiger partial charge in [0.2, 0.25) is 0 Å². The molecule has 4 nitrogen and oxygen atoms in total. The molecule has 1 aromatic rings. The molecule has 0 saturated carbocycles. The third kappa shape index (κ3) is 3.92. The molecule has 0 saturated heterocycles. The van der Waals surface area contributed by atoms with E-state index in [1.165, 1.54) is 0 Å². The van der Waals surface area contributed by atoms with Crippen molar-refractivity contribution in [1.82, 2.24) is 10.6 Å². The summed E-state index contributed by atoms with van der Waals surface area (Å²) in [6.07, 6.45) is 3.87. The lowest BCUT2D eigenvalue weighted by Crippen LogP contribution is -2.48. The van der Waals surface area contributed by atoms with Crippen LogP contribution in [0.4, 0.5) is 0 Å². The Kier molecular flexibility index (Phi) is 5.11. The Morgan fingerprint density at radius 2 is 2.10 bits per heavy atom. The van der Waals surface area contributed by atoms with Crippen LogP contribution in [0.2, 0.25) is 0 Å². The number of hydrogen-bond donors (Lipinski definition) is 2. The summed E-state index contributed by atoms with van der Waals surface area (Å²) in [7, 11) is 0. The summed E-state index contributed by atoms with van der Waals surface area (Å²) in [4.78, 5) is 12.1. The van der Waals surface area contributed by atoms with E-state index < -0.39 is 0 Å². The number of benzene rings is 1. The first-order chi connectivity index (χ1) is 10.1. The maximum Gasteiger partial charge on any atom is 0.338 e. The van der Waals surface area contributed by atoms with Gasteiger partial charge in [-0.15, -0.1) is 0 Å². The number of esters is 1. The fourth-order valence-corrected chi connectivity index (χ4v) is 2.41. The zero-order valence-corrected chi connectivity index (χ0v) is 12.9. The van der Waals surface area contributed by atoms with Crippen LogP contribution in [0.1, 0.15) is 19.4 Å². The minimum Gasteiger partial charge on any atom is -0.463 e. The van der Waals surface area contributed by atoms with Crippen molar-refractivity contribution in [2.75, 3.05) is 6.61 Å². The molecule has 0 spiro atoms. The number of carbonyl (C=O) groups excluding carboxylic acids is 1. The molecule has 2 rings (SSSR count). The number of thiocarbonyl (C=S) groups is 1. The highest BCUT2D eigenvalue weighted by Crippen LogP contribution is 2.16. The Bertz CT molecular complexity index is 594. The highest BCUT2D eigenvalue weighted by molar-refractivity contribution is 7.80. The first-order valence-electron chi connectivity index (χ1n) is 6.80.